The lowest BCUT2D eigenvalue weighted by Crippen LogP contribution is -2.54. The maximum Gasteiger partial charge on any atom is 0.0312 e. The number of rotatable bonds is 4. The zero-order chi connectivity index (χ0) is 13.9. The van der Waals surface area contributed by atoms with Crippen LogP contribution < -0.4 is 11.1 Å². The van der Waals surface area contributed by atoms with Gasteiger partial charge < -0.3 is 11.1 Å². The first-order valence-electron chi connectivity index (χ1n) is 6.96. The quantitative estimate of drug-likeness (QED) is 0.893. The van der Waals surface area contributed by atoms with Crippen molar-refractivity contribution in [3.05, 3.63) is 34.3 Å². The Bertz CT molecular complexity index is 414. The fourth-order valence-corrected chi connectivity index (χ4v) is 3.21. The molecule has 0 amide bonds. The van der Waals surface area contributed by atoms with E-state index in [1.807, 2.05) is 6.07 Å². The van der Waals surface area contributed by atoms with E-state index in [2.05, 4.69) is 58.2 Å². The van der Waals surface area contributed by atoms with Gasteiger partial charge in [-0.05, 0) is 38.0 Å². The van der Waals surface area contributed by atoms with Crippen molar-refractivity contribution < 1.29 is 0 Å². The van der Waals surface area contributed by atoms with Gasteiger partial charge in [0.2, 0.25) is 0 Å². The van der Waals surface area contributed by atoms with Crippen LogP contribution in [0.25, 0.3) is 0 Å². The van der Waals surface area contributed by atoms with Crippen LogP contribution in [0.3, 0.4) is 0 Å². The predicted octanol–water partition coefficient (Wildman–Crippen LogP) is 2.52. The third kappa shape index (κ3) is 4.02. The molecular weight excluding hydrogens is 302 g/mol. The zero-order valence-electron chi connectivity index (χ0n) is 11.8. The summed E-state index contributed by atoms with van der Waals surface area (Å²) < 4.78 is 1.10. The Morgan fingerprint density at radius 2 is 2.05 bits per heavy atom. The molecule has 1 unspecified atom stereocenters. The first-order chi connectivity index (χ1) is 8.99. The molecule has 4 heteroatoms. The number of nitrogens with zero attached hydrogens (tertiary/aromatic N) is 1. The molecule has 0 saturated carbocycles. The van der Waals surface area contributed by atoms with E-state index in [9.17, 15) is 0 Å². The van der Waals surface area contributed by atoms with Crippen molar-refractivity contribution in [2.75, 3.05) is 26.2 Å². The second-order valence-corrected chi connectivity index (χ2v) is 6.83. The number of piperazine rings is 1. The highest BCUT2D eigenvalue weighted by Crippen LogP contribution is 2.28. The number of nitrogens with two attached hydrogens (primary N) is 1. The van der Waals surface area contributed by atoms with Crippen molar-refractivity contribution in [1.82, 2.24) is 10.2 Å². The summed E-state index contributed by atoms with van der Waals surface area (Å²) in [6.45, 7) is 8.98. The van der Waals surface area contributed by atoms with Crippen molar-refractivity contribution in [3.8, 4) is 0 Å². The largest absolute Gasteiger partial charge is 0.324 e. The summed E-state index contributed by atoms with van der Waals surface area (Å²) in [5.74, 6) is 0. The van der Waals surface area contributed by atoms with Gasteiger partial charge in [0.05, 0.1) is 0 Å². The number of halogens is 1. The molecule has 19 heavy (non-hydrogen) atoms. The third-order valence-corrected chi connectivity index (χ3v) is 4.46. The molecule has 0 aromatic heterocycles. The molecule has 3 N–H and O–H groups in total. The fraction of sp³-hybridized carbons (Fsp3) is 0.600. The van der Waals surface area contributed by atoms with Crippen LogP contribution >= 0.6 is 15.9 Å². The van der Waals surface area contributed by atoms with Gasteiger partial charge in [0.25, 0.3) is 0 Å². The number of nitrogens with one attached hydrogen (secondary N) is 1. The average Bonchev–Trinajstić information content (AvgIpc) is 2.39. The lowest BCUT2D eigenvalue weighted by atomic mass is 9.89. The van der Waals surface area contributed by atoms with Crippen molar-refractivity contribution in [1.29, 1.82) is 0 Å². The highest BCUT2D eigenvalue weighted by Gasteiger charge is 2.30. The highest BCUT2D eigenvalue weighted by molar-refractivity contribution is 9.10. The molecule has 1 heterocycles. The summed E-state index contributed by atoms with van der Waals surface area (Å²) in [4.78, 5) is 2.54. The van der Waals surface area contributed by atoms with Gasteiger partial charge in [0, 0.05) is 42.2 Å². The Morgan fingerprint density at radius 3 is 2.68 bits per heavy atom. The van der Waals surface area contributed by atoms with E-state index in [0.29, 0.717) is 0 Å². The van der Waals surface area contributed by atoms with Crippen LogP contribution in [-0.2, 0) is 0 Å². The highest BCUT2D eigenvalue weighted by atomic mass is 79.9. The van der Waals surface area contributed by atoms with Crippen LogP contribution in [0.4, 0.5) is 0 Å². The summed E-state index contributed by atoms with van der Waals surface area (Å²) in [6, 6.07) is 8.42. The number of hydrogen-bond acceptors (Lipinski definition) is 3. The second-order valence-electron chi connectivity index (χ2n) is 5.92. The van der Waals surface area contributed by atoms with Crippen molar-refractivity contribution in [2.45, 2.75) is 31.8 Å². The van der Waals surface area contributed by atoms with Gasteiger partial charge in [0.15, 0.2) is 0 Å². The van der Waals surface area contributed by atoms with E-state index in [4.69, 9.17) is 5.73 Å². The summed E-state index contributed by atoms with van der Waals surface area (Å²) in [5.41, 5.74) is 7.74. The first-order valence-corrected chi connectivity index (χ1v) is 7.75. The van der Waals surface area contributed by atoms with Gasteiger partial charge in [-0.15, -0.1) is 0 Å². The van der Waals surface area contributed by atoms with E-state index < -0.39 is 0 Å². The Kier molecular flexibility index (Phi) is 5.01. The summed E-state index contributed by atoms with van der Waals surface area (Å²) in [6.07, 6.45) is 0.976. The molecule has 106 valence electrons. The molecule has 1 aliphatic heterocycles. The Hall–Kier alpha value is -0.420. The molecule has 1 saturated heterocycles. The van der Waals surface area contributed by atoms with Crippen LogP contribution in [0.2, 0.25) is 0 Å². The lowest BCUT2D eigenvalue weighted by Gasteiger charge is -2.42. The molecule has 1 aliphatic rings. The van der Waals surface area contributed by atoms with E-state index >= 15 is 0 Å². The van der Waals surface area contributed by atoms with Gasteiger partial charge in [-0.1, -0.05) is 28.1 Å². The van der Waals surface area contributed by atoms with Gasteiger partial charge in [-0.2, -0.15) is 0 Å². The SMILES string of the molecule is CC(C)(CC(N)c1cccc(Br)c1)N1CCNCC1. The molecular formula is C15H24BrN3. The minimum absolute atomic E-state index is 0.0855. The predicted molar refractivity (Wildman–Crippen MR) is 84.2 cm³/mol. The Labute approximate surface area is 124 Å². The van der Waals surface area contributed by atoms with Crippen LogP contribution in [0.15, 0.2) is 28.7 Å². The van der Waals surface area contributed by atoms with Crippen LogP contribution in [0, 0.1) is 0 Å². The molecule has 1 aromatic carbocycles. The standard InChI is InChI=1S/C15H24BrN3/c1-15(2,19-8-6-18-7-9-19)11-14(17)12-4-3-5-13(16)10-12/h3-5,10,14,18H,6-9,11,17H2,1-2H3. The van der Waals surface area contributed by atoms with Gasteiger partial charge in [-0.3, -0.25) is 4.90 Å². The molecule has 2 rings (SSSR count). The number of benzene rings is 1. The maximum atomic E-state index is 6.39. The molecule has 1 aromatic rings. The number of hydrogen-bond donors (Lipinski definition) is 2. The van der Waals surface area contributed by atoms with Crippen LogP contribution in [0.5, 0.6) is 0 Å². The normalized spacial score (nSPS) is 19.4. The molecule has 1 atom stereocenters. The molecule has 0 spiro atoms. The Morgan fingerprint density at radius 1 is 1.37 bits per heavy atom. The van der Waals surface area contributed by atoms with Crippen LogP contribution in [0.1, 0.15) is 31.9 Å². The van der Waals surface area contributed by atoms with Crippen LogP contribution in [-0.4, -0.2) is 36.6 Å². The molecule has 0 aliphatic carbocycles. The summed E-state index contributed by atoms with van der Waals surface area (Å²) in [5, 5.41) is 3.40. The third-order valence-electron chi connectivity index (χ3n) is 3.97. The Balaban J connectivity index is 2.02. The molecule has 1 fully saturated rings. The summed E-state index contributed by atoms with van der Waals surface area (Å²) >= 11 is 3.51. The summed E-state index contributed by atoms with van der Waals surface area (Å²) in [7, 11) is 0. The minimum atomic E-state index is 0.0855. The smallest absolute Gasteiger partial charge is 0.0312 e. The average molecular weight is 326 g/mol. The van der Waals surface area contributed by atoms with E-state index in [0.717, 1.165) is 37.1 Å². The second kappa shape index (κ2) is 6.35. The first kappa shape index (κ1) is 15.0. The van der Waals surface area contributed by atoms with Crippen molar-refractivity contribution in [3.63, 3.8) is 0 Å². The van der Waals surface area contributed by atoms with Gasteiger partial charge >= 0.3 is 0 Å². The topological polar surface area (TPSA) is 41.3 Å². The van der Waals surface area contributed by atoms with E-state index in [1.54, 1.807) is 0 Å². The van der Waals surface area contributed by atoms with Gasteiger partial charge in [0.1, 0.15) is 0 Å². The van der Waals surface area contributed by atoms with Gasteiger partial charge in [-0.25, -0.2) is 0 Å². The maximum absolute atomic E-state index is 6.39. The minimum Gasteiger partial charge on any atom is -0.324 e. The molecule has 0 bridgehead atoms. The van der Waals surface area contributed by atoms with Crippen molar-refractivity contribution >= 4 is 15.9 Å². The molecule has 0 radical (unpaired) electrons. The van der Waals surface area contributed by atoms with E-state index in [-0.39, 0.29) is 11.6 Å². The van der Waals surface area contributed by atoms with Crippen molar-refractivity contribution in [2.24, 2.45) is 5.73 Å². The zero-order valence-corrected chi connectivity index (χ0v) is 13.4. The lowest BCUT2D eigenvalue weighted by molar-refractivity contribution is 0.0893. The van der Waals surface area contributed by atoms with E-state index in [1.165, 1.54) is 5.56 Å². The fourth-order valence-electron chi connectivity index (χ4n) is 2.79. The molecule has 3 nitrogen and oxygen atoms in total. The monoisotopic (exact) mass is 325 g/mol.